The van der Waals surface area contributed by atoms with Gasteiger partial charge in [0.15, 0.2) is 0 Å². The molecule has 0 fully saturated rings. The van der Waals surface area contributed by atoms with E-state index in [0.29, 0.717) is 5.92 Å². The van der Waals surface area contributed by atoms with E-state index in [1.165, 1.54) is 11.8 Å². The molecule has 0 heterocycles. The van der Waals surface area contributed by atoms with Gasteiger partial charge in [0.2, 0.25) is 0 Å². The number of ether oxygens (including phenoxy) is 1. The van der Waals surface area contributed by atoms with E-state index >= 15 is 0 Å². The van der Waals surface area contributed by atoms with Gasteiger partial charge < -0.3 is 4.74 Å². The Morgan fingerprint density at radius 1 is 1.40 bits per heavy atom. The summed E-state index contributed by atoms with van der Waals surface area (Å²) in [4.78, 5) is 0. The predicted molar refractivity (Wildman–Crippen MR) is 44.5 cm³/mol. The SMILES string of the molecule is C=COC(C)=C(C)C(C)C. The molecule has 10 heavy (non-hydrogen) atoms. The molecule has 0 N–H and O–H groups in total. The van der Waals surface area contributed by atoms with Crippen molar-refractivity contribution in [2.24, 2.45) is 5.92 Å². The normalized spacial score (nSPS) is 12.9. The van der Waals surface area contributed by atoms with Gasteiger partial charge in [0, 0.05) is 0 Å². The monoisotopic (exact) mass is 140 g/mol. The van der Waals surface area contributed by atoms with Crippen LogP contribution >= 0.6 is 0 Å². The lowest BCUT2D eigenvalue weighted by atomic mass is 10.0. The molecule has 0 aliphatic heterocycles. The average molecular weight is 140 g/mol. The van der Waals surface area contributed by atoms with Crippen LogP contribution in [-0.4, -0.2) is 0 Å². The molecular weight excluding hydrogens is 124 g/mol. The molecule has 0 aliphatic rings. The fourth-order valence-corrected chi connectivity index (χ4v) is 0.624. The number of hydrogen-bond acceptors (Lipinski definition) is 1. The Morgan fingerprint density at radius 3 is 2.20 bits per heavy atom. The van der Waals surface area contributed by atoms with Crippen molar-refractivity contribution in [3.63, 3.8) is 0 Å². The summed E-state index contributed by atoms with van der Waals surface area (Å²) >= 11 is 0. The highest BCUT2D eigenvalue weighted by molar-refractivity contribution is 5.06. The van der Waals surface area contributed by atoms with Gasteiger partial charge in [-0.15, -0.1) is 0 Å². The van der Waals surface area contributed by atoms with Crippen LogP contribution in [0.3, 0.4) is 0 Å². The predicted octanol–water partition coefficient (Wildman–Crippen LogP) is 3.10. The van der Waals surface area contributed by atoms with Gasteiger partial charge in [-0.3, -0.25) is 0 Å². The maximum absolute atomic E-state index is 5.11. The van der Waals surface area contributed by atoms with Gasteiger partial charge in [-0.1, -0.05) is 20.4 Å². The zero-order valence-electron chi connectivity index (χ0n) is 7.27. The third-order valence-electron chi connectivity index (χ3n) is 1.68. The van der Waals surface area contributed by atoms with Crippen molar-refractivity contribution in [2.75, 3.05) is 0 Å². The first kappa shape index (κ1) is 9.28. The Balaban J connectivity index is 4.18. The largest absolute Gasteiger partial charge is 0.470 e. The Labute approximate surface area is 63.4 Å². The van der Waals surface area contributed by atoms with Gasteiger partial charge in [0.1, 0.15) is 0 Å². The summed E-state index contributed by atoms with van der Waals surface area (Å²) in [6, 6.07) is 0. The van der Waals surface area contributed by atoms with E-state index in [1.54, 1.807) is 0 Å². The van der Waals surface area contributed by atoms with Crippen molar-refractivity contribution >= 4 is 0 Å². The summed E-state index contributed by atoms with van der Waals surface area (Å²) in [7, 11) is 0. The molecule has 0 rings (SSSR count). The molecule has 0 aromatic carbocycles. The summed E-state index contributed by atoms with van der Waals surface area (Å²) in [5.41, 5.74) is 1.28. The summed E-state index contributed by atoms with van der Waals surface area (Å²) < 4.78 is 5.11. The molecule has 1 nitrogen and oxygen atoms in total. The minimum absolute atomic E-state index is 0.556. The first-order chi connectivity index (χ1) is 4.59. The molecule has 0 spiro atoms. The fraction of sp³-hybridized carbons (Fsp3) is 0.556. The van der Waals surface area contributed by atoms with E-state index < -0.39 is 0 Å². The molecule has 0 aliphatic carbocycles. The van der Waals surface area contributed by atoms with Crippen molar-refractivity contribution in [3.05, 3.63) is 24.2 Å². The lowest BCUT2D eigenvalue weighted by Gasteiger charge is -2.08. The number of hydrogen-bond donors (Lipinski definition) is 0. The van der Waals surface area contributed by atoms with E-state index in [2.05, 4.69) is 27.4 Å². The first-order valence-electron chi connectivity index (χ1n) is 3.54. The van der Waals surface area contributed by atoms with E-state index in [9.17, 15) is 0 Å². The van der Waals surface area contributed by atoms with Crippen LogP contribution in [0.4, 0.5) is 0 Å². The third-order valence-corrected chi connectivity index (χ3v) is 1.68. The van der Waals surface area contributed by atoms with Crippen LogP contribution in [-0.2, 0) is 4.74 Å². The quantitative estimate of drug-likeness (QED) is 0.547. The van der Waals surface area contributed by atoms with Crippen molar-refractivity contribution in [3.8, 4) is 0 Å². The van der Waals surface area contributed by atoms with Crippen LogP contribution in [0.15, 0.2) is 24.2 Å². The fourth-order valence-electron chi connectivity index (χ4n) is 0.624. The molecule has 1 heteroatoms. The van der Waals surface area contributed by atoms with Crippen molar-refractivity contribution in [1.29, 1.82) is 0 Å². The van der Waals surface area contributed by atoms with E-state index in [1.807, 2.05) is 6.92 Å². The molecule has 58 valence electrons. The van der Waals surface area contributed by atoms with Gasteiger partial charge >= 0.3 is 0 Å². The highest BCUT2D eigenvalue weighted by Crippen LogP contribution is 2.14. The van der Waals surface area contributed by atoms with Gasteiger partial charge in [0.05, 0.1) is 12.0 Å². The van der Waals surface area contributed by atoms with Gasteiger partial charge in [-0.05, 0) is 25.3 Å². The first-order valence-corrected chi connectivity index (χ1v) is 3.54. The second-order valence-corrected chi connectivity index (χ2v) is 2.68. The standard InChI is InChI=1S/C9H16O/c1-6-10-9(5)8(4)7(2)3/h6-7H,1H2,2-5H3. The molecule has 0 bridgehead atoms. The third kappa shape index (κ3) is 2.72. The molecule has 0 aromatic heterocycles. The molecular formula is C9H16O. The maximum Gasteiger partial charge on any atom is 0.0992 e. The van der Waals surface area contributed by atoms with Crippen LogP contribution in [0.5, 0.6) is 0 Å². The summed E-state index contributed by atoms with van der Waals surface area (Å²) in [5.74, 6) is 1.52. The second kappa shape index (κ2) is 4.15. The molecule has 0 saturated heterocycles. The summed E-state index contributed by atoms with van der Waals surface area (Å²) in [6.45, 7) is 11.8. The maximum atomic E-state index is 5.11. The Hall–Kier alpha value is -0.720. The Bertz CT molecular complexity index is 143. The van der Waals surface area contributed by atoms with Crippen molar-refractivity contribution in [1.82, 2.24) is 0 Å². The summed E-state index contributed by atoms with van der Waals surface area (Å²) in [6.07, 6.45) is 1.46. The Kier molecular flexibility index (Phi) is 3.85. The van der Waals surface area contributed by atoms with Crippen LogP contribution in [0, 0.1) is 5.92 Å². The molecule has 0 radical (unpaired) electrons. The van der Waals surface area contributed by atoms with Crippen LogP contribution in [0.25, 0.3) is 0 Å². The van der Waals surface area contributed by atoms with Crippen LogP contribution in [0.2, 0.25) is 0 Å². The average Bonchev–Trinajstić information content (AvgIpc) is 1.87. The number of allylic oxidation sites excluding steroid dienone is 2. The van der Waals surface area contributed by atoms with Gasteiger partial charge in [-0.2, -0.15) is 0 Å². The van der Waals surface area contributed by atoms with Crippen LogP contribution in [0.1, 0.15) is 27.7 Å². The van der Waals surface area contributed by atoms with Crippen LogP contribution < -0.4 is 0 Å². The summed E-state index contributed by atoms with van der Waals surface area (Å²) in [5, 5.41) is 0. The van der Waals surface area contributed by atoms with Gasteiger partial charge in [-0.25, -0.2) is 0 Å². The minimum atomic E-state index is 0.556. The molecule has 0 unspecified atom stereocenters. The number of rotatable bonds is 3. The lowest BCUT2D eigenvalue weighted by molar-refractivity contribution is 0.343. The highest BCUT2D eigenvalue weighted by Gasteiger charge is 2.00. The van der Waals surface area contributed by atoms with Gasteiger partial charge in [0.25, 0.3) is 0 Å². The topological polar surface area (TPSA) is 9.23 Å². The minimum Gasteiger partial charge on any atom is -0.470 e. The molecule has 0 amide bonds. The van der Waals surface area contributed by atoms with E-state index in [-0.39, 0.29) is 0 Å². The molecule has 0 saturated carbocycles. The smallest absolute Gasteiger partial charge is 0.0992 e. The highest BCUT2D eigenvalue weighted by atomic mass is 16.5. The zero-order chi connectivity index (χ0) is 8.15. The van der Waals surface area contributed by atoms with E-state index in [0.717, 1.165) is 5.76 Å². The van der Waals surface area contributed by atoms with E-state index in [4.69, 9.17) is 4.74 Å². The lowest BCUT2D eigenvalue weighted by Crippen LogP contribution is -1.93. The zero-order valence-corrected chi connectivity index (χ0v) is 7.27. The van der Waals surface area contributed by atoms with Crippen molar-refractivity contribution < 1.29 is 4.74 Å². The second-order valence-electron chi connectivity index (χ2n) is 2.68. The van der Waals surface area contributed by atoms with Crippen molar-refractivity contribution in [2.45, 2.75) is 27.7 Å². The Morgan fingerprint density at radius 2 is 1.90 bits per heavy atom. The molecule has 0 atom stereocenters. The molecule has 0 aromatic rings.